The van der Waals surface area contributed by atoms with Gasteiger partial charge in [0.05, 0.1) is 29.5 Å². The van der Waals surface area contributed by atoms with Crippen molar-refractivity contribution in [2.45, 2.75) is 26.9 Å². The van der Waals surface area contributed by atoms with E-state index in [1.165, 1.54) is 0 Å². The van der Waals surface area contributed by atoms with E-state index in [0.29, 0.717) is 45.9 Å². The number of hydrogen-bond donors (Lipinski definition) is 5. The summed E-state index contributed by atoms with van der Waals surface area (Å²) in [6, 6.07) is 15.7. The molecule has 1 aromatic heterocycles. The molecule has 3 aromatic rings. The Morgan fingerprint density at radius 2 is 1.73 bits per heavy atom. The van der Waals surface area contributed by atoms with Crippen LogP contribution in [0.15, 0.2) is 54.6 Å². The third-order valence-electron chi connectivity index (χ3n) is 7.12. The second-order valence-electron chi connectivity index (χ2n) is 9.80. The van der Waals surface area contributed by atoms with Crippen molar-refractivity contribution < 1.29 is 24.6 Å². The fourth-order valence-corrected chi connectivity index (χ4v) is 5.06. The lowest BCUT2D eigenvalue weighted by Crippen LogP contribution is -2.42. The van der Waals surface area contributed by atoms with Crippen LogP contribution >= 0.6 is 0 Å². The van der Waals surface area contributed by atoms with Gasteiger partial charge in [-0.2, -0.15) is 0 Å². The maximum absolute atomic E-state index is 13.6. The molecular weight excluding hydrogens is 522 g/mol. The molecule has 41 heavy (non-hydrogen) atoms. The van der Waals surface area contributed by atoms with E-state index in [1.54, 1.807) is 37.3 Å². The summed E-state index contributed by atoms with van der Waals surface area (Å²) in [4.78, 5) is 46.3. The molecule has 2 aromatic carbocycles. The molecule has 10 nitrogen and oxygen atoms in total. The molecule has 0 saturated carbocycles. The number of carbonyl (C=O) groups is 3. The van der Waals surface area contributed by atoms with Gasteiger partial charge in [0.15, 0.2) is 0 Å². The zero-order valence-corrected chi connectivity index (χ0v) is 23.6. The minimum atomic E-state index is -0.726. The van der Waals surface area contributed by atoms with Crippen LogP contribution in [0.4, 0.5) is 10.5 Å². The molecule has 0 radical (unpaired) electrons. The van der Waals surface area contributed by atoms with Crippen LogP contribution in [0.1, 0.15) is 41.2 Å². The quantitative estimate of drug-likeness (QED) is 0.229. The topological polar surface area (TPSA) is 138 Å². The van der Waals surface area contributed by atoms with Crippen LogP contribution in [0.3, 0.4) is 0 Å². The Kier molecular flexibility index (Phi) is 9.72. The molecule has 1 unspecified atom stereocenters. The number of aliphatic hydroxyl groups excluding tert-OH is 2. The first kappa shape index (κ1) is 29.7. The Labute approximate surface area is 239 Å². The van der Waals surface area contributed by atoms with Gasteiger partial charge in [-0.3, -0.25) is 9.59 Å². The van der Waals surface area contributed by atoms with Crippen molar-refractivity contribution in [1.29, 1.82) is 0 Å². The second-order valence-corrected chi connectivity index (χ2v) is 9.80. The number of likely N-dealkylation sites (N-methyl/N-ethyl adjacent to an activating group) is 1. The largest absolute Gasteiger partial charge is 0.395 e. The number of fused-ring (bicyclic) bond motifs is 1. The number of nitrogens with one attached hydrogen (secondary N) is 3. The summed E-state index contributed by atoms with van der Waals surface area (Å²) in [7, 11) is 0. The first-order valence-corrected chi connectivity index (χ1v) is 13.8. The van der Waals surface area contributed by atoms with Crippen LogP contribution in [-0.2, 0) is 4.79 Å². The highest BCUT2D eigenvalue weighted by Crippen LogP contribution is 2.40. The first-order chi connectivity index (χ1) is 19.8. The van der Waals surface area contributed by atoms with E-state index in [2.05, 4.69) is 20.5 Å². The summed E-state index contributed by atoms with van der Waals surface area (Å²) in [5.41, 5.74) is 4.24. The molecule has 4 rings (SSSR count). The second kappa shape index (κ2) is 13.4. The van der Waals surface area contributed by atoms with Crippen molar-refractivity contribution in [1.82, 2.24) is 20.5 Å². The van der Waals surface area contributed by atoms with Gasteiger partial charge in [-0.05, 0) is 37.7 Å². The summed E-state index contributed by atoms with van der Waals surface area (Å²) in [6.07, 6.45) is 0.942. The van der Waals surface area contributed by atoms with Gasteiger partial charge in [-0.15, -0.1) is 0 Å². The first-order valence-electron chi connectivity index (χ1n) is 13.8. The van der Waals surface area contributed by atoms with Crippen molar-refractivity contribution in [3.63, 3.8) is 0 Å². The third kappa shape index (κ3) is 6.40. The number of urea groups is 1. The Balaban J connectivity index is 1.73. The van der Waals surface area contributed by atoms with Gasteiger partial charge in [-0.25, -0.2) is 9.69 Å². The number of aliphatic hydroxyl groups is 2. The van der Waals surface area contributed by atoms with E-state index >= 15 is 0 Å². The number of aromatic nitrogens is 1. The van der Waals surface area contributed by atoms with Crippen LogP contribution in [0, 0.1) is 6.92 Å². The molecule has 1 aliphatic rings. The molecule has 0 aliphatic carbocycles. The van der Waals surface area contributed by atoms with Crippen molar-refractivity contribution in [3.8, 4) is 11.1 Å². The highest BCUT2D eigenvalue weighted by Gasteiger charge is 2.37. The van der Waals surface area contributed by atoms with Crippen LogP contribution in [0.5, 0.6) is 0 Å². The van der Waals surface area contributed by atoms with Crippen molar-refractivity contribution in [2.24, 2.45) is 0 Å². The lowest BCUT2D eigenvalue weighted by molar-refractivity contribution is -0.112. The van der Waals surface area contributed by atoms with Crippen molar-refractivity contribution in [2.75, 3.05) is 44.2 Å². The molecule has 2 heterocycles. The molecule has 216 valence electrons. The molecule has 1 aliphatic heterocycles. The van der Waals surface area contributed by atoms with Gasteiger partial charge < -0.3 is 30.7 Å². The summed E-state index contributed by atoms with van der Waals surface area (Å²) < 4.78 is 0. The zero-order valence-electron chi connectivity index (χ0n) is 23.6. The lowest BCUT2D eigenvalue weighted by Gasteiger charge is -2.22. The molecule has 0 spiro atoms. The molecule has 4 amide bonds. The summed E-state index contributed by atoms with van der Waals surface area (Å²) >= 11 is 0. The smallest absolute Gasteiger partial charge is 0.329 e. The molecule has 5 N–H and O–H groups in total. The van der Waals surface area contributed by atoms with Gasteiger partial charge in [0.25, 0.3) is 11.8 Å². The van der Waals surface area contributed by atoms with Crippen molar-refractivity contribution in [3.05, 3.63) is 77.1 Å². The third-order valence-corrected chi connectivity index (χ3v) is 7.12. The Bertz CT molecular complexity index is 1430. The number of imide groups is 1. The lowest BCUT2D eigenvalue weighted by atomic mass is 9.97. The average Bonchev–Trinajstić information content (AvgIpc) is 3.46. The van der Waals surface area contributed by atoms with E-state index in [1.807, 2.05) is 44.2 Å². The normalized spacial score (nSPS) is 14.4. The van der Waals surface area contributed by atoms with E-state index < -0.39 is 18.0 Å². The fourth-order valence-electron chi connectivity index (χ4n) is 5.06. The predicted octanol–water partition coefficient (Wildman–Crippen LogP) is 3.01. The number of para-hydroxylation sites is 1. The Hall–Kier alpha value is -4.25. The van der Waals surface area contributed by atoms with Crippen LogP contribution in [-0.4, -0.2) is 83.4 Å². The van der Waals surface area contributed by atoms with Gasteiger partial charge in [0.1, 0.15) is 0 Å². The number of aryl methyl sites for hydroxylation is 1. The highest BCUT2D eigenvalue weighted by molar-refractivity contribution is 6.42. The summed E-state index contributed by atoms with van der Waals surface area (Å²) in [5, 5.41) is 25.1. The van der Waals surface area contributed by atoms with Crippen LogP contribution in [0.2, 0.25) is 0 Å². The number of amides is 4. The van der Waals surface area contributed by atoms with Gasteiger partial charge >= 0.3 is 6.03 Å². The molecular formula is C31H37N5O5. The number of carbonyl (C=O) groups excluding carboxylic acids is 3. The molecule has 10 heteroatoms. The Morgan fingerprint density at radius 3 is 2.41 bits per heavy atom. The Morgan fingerprint density at radius 1 is 1.05 bits per heavy atom. The molecule has 0 bridgehead atoms. The van der Waals surface area contributed by atoms with Crippen molar-refractivity contribution >= 4 is 35.2 Å². The maximum Gasteiger partial charge on any atom is 0.329 e. The molecule has 1 atom stereocenters. The summed E-state index contributed by atoms with van der Waals surface area (Å²) in [6.45, 7) is 7.74. The number of benzene rings is 2. The minimum absolute atomic E-state index is 0.0138. The van der Waals surface area contributed by atoms with E-state index in [4.69, 9.17) is 5.11 Å². The SMILES string of the molecule is CCN(CC)CC(O)CNC(=O)c1c(C)[nH]c(C=C2C(=O)N(C(=O)NCCO)c3ccccc32)c1-c1ccccc1. The number of aromatic amines is 1. The van der Waals surface area contributed by atoms with E-state index in [9.17, 15) is 19.5 Å². The number of H-pyrrole nitrogens is 1. The van der Waals surface area contributed by atoms with Gasteiger partial charge in [0.2, 0.25) is 0 Å². The molecule has 0 fully saturated rings. The van der Waals surface area contributed by atoms with E-state index in [0.717, 1.165) is 23.6 Å². The fraction of sp³-hybridized carbons (Fsp3) is 0.323. The average molecular weight is 560 g/mol. The maximum atomic E-state index is 13.6. The van der Waals surface area contributed by atoms with Gasteiger partial charge in [-0.1, -0.05) is 62.4 Å². The number of rotatable bonds is 11. The monoisotopic (exact) mass is 559 g/mol. The summed E-state index contributed by atoms with van der Waals surface area (Å²) in [5.74, 6) is -0.859. The predicted molar refractivity (Wildman–Crippen MR) is 159 cm³/mol. The highest BCUT2D eigenvalue weighted by atomic mass is 16.3. The molecule has 0 saturated heterocycles. The zero-order chi connectivity index (χ0) is 29.5. The minimum Gasteiger partial charge on any atom is -0.395 e. The van der Waals surface area contributed by atoms with Crippen LogP contribution < -0.4 is 15.5 Å². The number of nitrogens with zero attached hydrogens (tertiary/aromatic N) is 2. The number of hydrogen-bond acceptors (Lipinski definition) is 6. The number of anilines is 1. The van der Waals surface area contributed by atoms with Gasteiger partial charge in [0, 0.05) is 42.1 Å². The van der Waals surface area contributed by atoms with Crippen LogP contribution in [0.25, 0.3) is 22.8 Å². The standard InChI is InChI=1S/C31H37N5O5/c1-4-35(5-2)19-22(38)18-33-29(39)27-20(3)34-25(28(27)21-11-7-6-8-12-21)17-24-23-13-9-10-14-26(23)36(30(24)40)31(41)32-15-16-37/h6-14,17,22,34,37-38H,4-5,15-16,18-19H2,1-3H3,(H,32,41)(H,33,39). The van der Waals surface area contributed by atoms with E-state index in [-0.39, 0.29) is 25.6 Å².